The Morgan fingerprint density at radius 3 is 2.36 bits per heavy atom. The fourth-order valence-electron chi connectivity index (χ4n) is 1.98. The first-order valence-electron chi connectivity index (χ1n) is 6.92. The zero-order valence-corrected chi connectivity index (χ0v) is 13.1. The number of benzene rings is 2. The number of carbonyl (C=O) groups excluding carboxylic acids is 1. The van der Waals surface area contributed by atoms with Gasteiger partial charge in [0, 0.05) is 11.1 Å². The largest absolute Gasteiger partial charge is 0.471 e. The molecule has 0 saturated carbocycles. The lowest BCUT2D eigenvalue weighted by Crippen LogP contribution is -2.12. The molecule has 1 heterocycles. The van der Waals surface area contributed by atoms with Crippen LogP contribution in [0.1, 0.15) is 16.2 Å². The third-order valence-electron chi connectivity index (χ3n) is 3.20. The van der Waals surface area contributed by atoms with Crippen LogP contribution in [0.4, 0.5) is 18.9 Å². The first-order valence-corrected chi connectivity index (χ1v) is 7.29. The molecule has 0 atom stereocenters. The van der Waals surface area contributed by atoms with E-state index in [0.717, 1.165) is 0 Å². The van der Waals surface area contributed by atoms with Crippen molar-refractivity contribution >= 4 is 23.2 Å². The number of hydrogen-bond acceptors (Lipinski definition) is 4. The number of anilines is 1. The predicted molar refractivity (Wildman–Crippen MR) is 84.1 cm³/mol. The van der Waals surface area contributed by atoms with Gasteiger partial charge in [-0.1, -0.05) is 41.0 Å². The van der Waals surface area contributed by atoms with E-state index in [1.54, 1.807) is 24.3 Å². The lowest BCUT2D eigenvalue weighted by Gasteiger charge is -2.07. The summed E-state index contributed by atoms with van der Waals surface area (Å²) in [5, 5.41) is 6.31. The van der Waals surface area contributed by atoms with Crippen LogP contribution in [-0.4, -0.2) is 16.0 Å². The maximum Gasteiger partial charge on any atom is 0.471 e. The van der Waals surface area contributed by atoms with Gasteiger partial charge in [-0.25, -0.2) is 0 Å². The molecule has 1 aromatic heterocycles. The molecule has 2 aromatic carbocycles. The molecule has 0 bridgehead atoms. The summed E-state index contributed by atoms with van der Waals surface area (Å²) in [5.41, 5.74) is 1.03. The Hall–Kier alpha value is -2.87. The van der Waals surface area contributed by atoms with Crippen molar-refractivity contribution in [2.24, 2.45) is 0 Å². The van der Waals surface area contributed by atoms with Crippen molar-refractivity contribution in [2.75, 3.05) is 5.32 Å². The molecule has 1 N–H and O–H groups in total. The van der Waals surface area contributed by atoms with Crippen LogP contribution in [-0.2, 0) is 6.18 Å². The summed E-state index contributed by atoms with van der Waals surface area (Å²) in [4.78, 5) is 15.5. The smallest absolute Gasteiger partial charge is 0.329 e. The molecule has 0 aliphatic heterocycles. The predicted octanol–water partition coefficient (Wildman–Crippen LogP) is 4.66. The Balaban J connectivity index is 1.77. The molecule has 9 heteroatoms. The number of nitrogens with one attached hydrogen (secondary N) is 1. The van der Waals surface area contributed by atoms with Crippen molar-refractivity contribution in [3.8, 4) is 11.4 Å². The third-order valence-corrected chi connectivity index (χ3v) is 3.53. The Morgan fingerprint density at radius 2 is 1.76 bits per heavy atom. The van der Waals surface area contributed by atoms with Crippen molar-refractivity contribution in [3.05, 3.63) is 65.0 Å². The van der Waals surface area contributed by atoms with Gasteiger partial charge >= 0.3 is 12.1 Å². The second kappa shape index (κ2) is 6.56. The number of para-hydroxylation sites is 1. The van der Waals surface area contributed by atoms with Gasteiger partial charge in [0.1, 0.15) is 0 Å². The summed E-state index contributed by atoms with van der Waals surface area (Å²) in [7, 11) is 0. The van der Waals surface area contributed by atoms with Gasteiger partial charge in [-0.2, -0.15) is 18.2 Å². The Morgan fingerprint density at radius 1 is 1.08 bits per heavy atom. The molecule has 25 heavy (non-hydrogen) atoms. The molecule has 0 saturated heterocycles. The summed E-state index contributed by atoms with van der Waals surface area (Å²) < 4.78 is 41.6. The van der Waals surface area contributed by atoms with E-state index in [9.17, 15) is 18.0 Å². The van der Waals surface area contributed by atoms with E-state index in [-0.39, 0.29) is 11.4 Å². The van der Waals surface area contributed by atoms with Crippen molar-refractivity contribution < 1.29 is 22.5 Å². The van der Waals surface area contributed by atoms with E-state index < -0.39 is 18.0 Å². The Bertz CT molecular complexity index is 907. The third kappa shape index (κ3) is 3.80. The van der Waals surface area contributed by atoms with Crippen molar-refractivity contribution in [1.29, 1.82) is 0 Å². The van der Waals surface area contributed by atoms with Gasteiger partial charge in [-0.15, -0.1) is 0 Å². The summed E-state index contributed by atoms with van der Waals surface area (Å²) >= 11 is 5.97. The monoisotopic (exact) mass is 367 g/mol. The average molecular weight is 368 g/mol. The highest BCUT2D eigenvalue weighted by molar-refractivity contribution is 6.33. The van der Waals surface area contributed by atoms with Crippen LogP contribution in [0.25, 0.3) is 11.4 Å². The number of aromatic nitrogens is 2. The lowest BCUT2D eigenvalue weighted by atomic mass is 10.1. The summed E-state index contributed by atoms with van der Waals surface area (Å²) in [6.45, 7) is 0. The highest BCUT2D eigenvalue weighted by atomic mass is 35.5. The second-order valence-corrected chi connectivity index (χ2v) is 5.34. The van der Waals surface area contributed by atoms with Gasteiger partial charge in [-0.05, 0) is 24.3 Å². The molecule has 0 aliphatic carbocycles. The number of hydrogen-bond donors (Lipinski definition) is 1. The normalized spacial score (nSPS) is 11.4. The number of rotatable bonds is 3. The summed E-state index contributed by atoms with van der Waals surface area (Å²) in [5.74, 6) is -2.06. The fraction of sp³-hybridized carbons (Fsp3) is 0.0625. The number of nitrogens with zero attached hydrogens (tertiary/aromatic N) is 2. The lowest BCUT2D eigenvalue weighted by molar-refractivity contribution is -0.159. The zero-order valence-electron chi connectivity index (χ0n) is 12.3. The molecule has 1 amide bonds. The van der Waals surface area contributed by atoms with Crippen LogP contribution >= 0.6 is 11.6 Å². The molecular weight excluding hydrogens is 359 g/mol. The maximum absolute atomic E-state index is 12.5. The van der Waals surface area contributed by atoms with Crippen LogP contribution in [0.5, 0.6) is 0 Å². The molecule has 5 nitrogen and oxygen atoms in total. The first kappa shape index (κ1) is 17.0. The maximum atomic E-state index is 12.5. The van der Waals surface area contributed by atoms with Crippen molar-refractivity contribution in [1.82, 2.24) is 10.1 Å². The van der Waals surface area contributed by atoms with Gasteiger partial charge in [0.05, 0.1) is 10.7 Å². The van der Waals surface area contributed by atoms with Gasteiger partial charge in [0.15, 0.2) is 0 Å². The van der Waals surface area contributed by atoms with Crippen LogP contribution < -0.4 is 5.32 Å². The van der Waals surface area contributed by atoms with Crippen LogP contribution in [0, 0.1) is 0 Å². The standard InChI is InChI=1S/C16H9ClF3N3O2/c17-11-3-1-2-4-12(11)21-14(24)10-7-5-9(6-8-10)13-22-15(25-23-13)16(18,19)20/h1-8H,(H,21,24). The fourth-order valence-corrected chi connectivity index (χ4v) is 2.17. The second-order valence-electron chi connectivity index (χ2n) is 4.93. The van der Waals surface area contributed by atoms with E-state index in [4.69, 9.17) is 11.6 Å². The summed E-state index contributed by atoms with van der Waals surface area (Å²) in [6.07, 6.45) is -4.71. The molecular formula is C16H9ClF3N3O2. The number of halogens is 4. The number of amides is 1. The van der Waals surface area contributed by atoms with E-state index in [2.05, 4.69) is 20.0 Å². The summed E-state index contributed by atoms with van der Waals surface area (Å²) in [6, 6.07) is 12.4. The molecule has 0 unspecified atom stereocenters. The molecule has 0 spiro atoms. The van der Waals surface area contributed by atoms with E-state index >= 15 is 0 Å². The van der Waals surface area contributed by atoms with Crippen molar-refractivity contribution in [2.45, 2.75) is 6.18 Å². The molecule has 3 aromatic rings. The van der Waals surface area contributed by atoms with Crippen LogP contribution in [0.3, 0.4) is 0 Å². The van der Waals surface area contributed by atoms with Gasteiger partial charge in [0.25, 0.3) is 5.91 Å². The topological polar surface area (TPSA) is 68.0 Å². The first-order chi connectivity index (χ1) is 11.8. The molecule has 128 valence electrons. The highest BCUT2D eigenvalue weighted by Gasteiger charge is 2.38. The molecule has 0 radical (unpaired) electrons. The van der Waals surface area contributed by atoms with Gasteiger partial charge < -0.3 is 9.84 Å². The van der Waals surface area contributed by atoms with Crippen LogP contribution in [0.15, 0.2) is 53.1 Å². The van der Waals surface area contributed by atoms with E-state index in [0.29, 0.717) is 16.3 Å². The van der Waals surface area contributed by atoms with E-state index in [1.807, 2.05) is 0 Å². The SMILES string of the molecule is O=C(Nc1ccccc1Cl)c1ccc(-c2noc(C(F)(F)F)n2)cc1. The van der Waals surface area contributed by atoms with Gasteiger partial charge in [-0.3, -0.25) is 4.79 Å². The molecule has 0 aliphatic rings. The molecule has 3 rings (SSSR count). The van der Waals surface area contributed by atoms with E-state index in [1.165, 1.54) is 24.3 Å². The quantitative estimate of drug-likeness (QED) is 0.731. The number of alkyl halides is 3. The minimum atomic E-state index is -4.71. The Labute approximate surface area is 144 Å². The minimum absolute atomic E-state index is 0.217. The van der Waals surface area contributed by atoms with Crippen LogP contribution in [0.2, 0.25) is 5.02 Å². The molecule has 0 fully saturated rings. The average Bonchev–Trinajstić information content (AvgIpc) is 3.07. The Kier molecular flexibility index (Phi) is 4.45. The van der Waals surface area contributed by atoms with Gasteiger partial charge in [0.2, 0.25) is 5.82 Å². The van der Waals surface area contributed by atoms with Crippen molar-refractivity contribution in [3.63, 3.8) is 0 Å². The minimum Gasteiger partial charge on any atom is -0.329 e. The number of carbonyl (C=O) groups is 1. The zero-order chi connectivity index (χ0) is 18.0. The highest BCUT2D eigenvalue weighted by Crippen LogP contribution is 2.29.